The second-order valence-corrected chi connectivity index (χ2v) is 9.29. The van der Waals surface area contributed by atoms with Crippen molar-refractivity contribution in [3.8, 4) is 5.75 Å². The van der Waals surface area contributed by atoms with Crippen molar-refractivity contribution in [1.82, 2.24) is 0 Å². The van der Waals surface area contributed by atoms with Crippen molar-refractivity contribution in [2.45, 2.75) is 41.7 Å². The molecule has 0 atom stereocenters. The Morgan fingerprint density at radius 3 is 1.10 bits per heavy atom. The van der Waals surface area contributed by atoms with Crippen LogP contribution in [0.4, 0.5) is 99.2 Å². The fourth-order valence-corrected chi connectivity index (χ4v) is 3.70. The number of carbonyl (C=O) groups is 4. The fourth-order valence-electron chi connectivity index (χ4n) is 3.70. The van der Waals surface area contributed by atoms with Crippen LogP contribution in [0.1, 0.15) is 0 Å². The maximum absolute atomic E-state index is 15.3. The molecule has 0 radical (unpaired) electrons. The molecule has 4 amide bonds. The summed E-state index contributed by atoms with van der Waals surface area (Å²) in [7, 11) is 0. The largest absolute Gasteiger partial charge is 0.460 e. The van der Waals surface area contributed by atoms with E-state index in [-0.39, 0.29) is 24.3 Å². The van der Waals surface area contributed by atoms with Crippen LogP contribution in [-0.2, 0) is 19.2 Å². The lowest BCUT2D eigenvalue weighted by Gasteiger charge is -2.41. The molecule has 0 saturated heterocycles. The third-order valence-electron chi connectivity index (χ3n) is 6.26. The Morgan fingerprint density at radius 2 is 0.780 bits per heavy atom. The molecule has 0 bridgehead atoms. The molecule has 0 saturated carbocycles. The van der Waals surface area contributed by atoms with E-state index in [2.05, 4.69) is 4.74 Å². The highest BCUT2D eigenvalue weighted by Crippen LogP contribution is 2.63. The fraction of sp³-hybridized carbons (Fsp3) is 0.304. The van der Waals surface area contributed by atoms with Crippen molar-refractivity contribution in [3.05, 3.63) is 53.6 Å². The molecule has 3 rings (SSSR count). The van der Waals surface area contributed by atoms with Gasteiger partial charge in [-0.2, -0.15) is 74.6 Å². The van der Waals surface area contributed by atoms with Gasteiger partial charge in [0.05, 0.1) is 0 Å². The van der Waals surface area contributed by atoms with Gasteiger partial charge in [-0.05, 0) is 0 Å². The number of halogens is 20. The van der Waals surface area contributed by atoms with Crippen molar-refractivity contribution >= 4 is 35.0 Å². The quantitative estimate of drug-likeness (QED) is 0.148. The lowest BCUT2D eigenvalue weighted by molar-refractivity contribution is -0.451. The predicted molar refractivity (Wildman–Crippen MR) is 115 cm³/mol. The maximum atomic E-state index is 15.3. The van der Waals surface area contributed by atoms with Crippen molar-refractivity contribution in [2.75, 3.05) is 9.80 Å². The number of benzene rings is 1. The number of nitrogens with zero attached hydrogens (tertiary/aromatic N) is 2. The Bertz CT molecular complexity index is 1670. The Morgan fingerprint density at radius 1 is 0.480 bits per heavy atom. The van der Waals surface area contributed by atoms with Crippen LogP contribution in [0.25, 0.3) is 0 Å². The second-order valence-electron chi connectivity index (χ2n) is 9.29. The summed E-state index contributed by atoms with van der Waals surface area (Å²) in [4.78, 5) is 46.4. The van der Waals surface area contributed by atoms with Gasteiger partial charge in [0.25, 0.3) is 23.6 Å². The normalized spacial score (nSPS) is 17.4. The van der Waals surface area contributed by atoms with Gasteiger partial charge in [-0.25, -0.2) is 23.0 Å². The van der Waals surface area contributed by atoms with Crippen LogP contribution in [0.5, 0.6) is 5.75 Å². The highest BCUT2D eigenvalue weighted by atomic mass is 19.4. The van der Waals surface area contributed by atoms with Crippen LogP contribution in [-0.4, -0.2) is 65.3 Å². The number of amides is 4. The summed E-state index contributed by atoms with van der Waals surface area (Å²) in [5.41, 5.74) is -4.71. The number of anilines is 2. The number of ether oxygens (including phenoxy) is 1. The van der Waals surface area contributed by atoms with Crippen LogP contribution in [0.15, 0.2) is 36.1 Å². The minimum absolute atomic E-state index is 0.186. The molecule has 7 nitrogen and oxygen atoms in total. The van der Waals surface area contributed by atoms with E-state index in [1.54, 1.807) is 0 Å². The van der Waals surface area contributed by atoms with E-state index in [0.717, 1.165) is 0 Å². The standard InChI is InChI=1S/C23H4F20N2O5/c24-9-12(44-5(46)1-2-6(44)47)10(25)14(11(26)13(9)45-7(48)3-4-8(45)49)50-16(28)15(27)17(29,30)18(31,32)19(33,34)20(35,36)21(37,38)22(39,40)23(41,42)43/h1-4H. The Balaban J connectivity index is 2.25. The van der Waals surface area contributed by atoms with E-state index >= 15 is 13.2 Å². The summed E-state index contributed by atoms with van der Waals surface area (Å²) in [6, 6.07) is -4.42. The van der Waals surface area contributed by atoms with E-state index in [4.69, 9.17) is 0 Å². The van der Waals surface area contributed by atoms with Crippen molar-refractivity contribution in [3.63, 3.8) is 0 Å². The third-order valence-corrected chi connectivity index (χ3v) is 6.26. The monoisotopic (exact) mass is 768 g/mol. The van der Waals surface area contributed by atoms with E-state index in [1.165, 1.54) is 0 Å². The Labute approximate surface area is 258 Å². The van der Waals surface area contributed by atoms with Gasteiger partial charge in [0.15, 0.2) is 17.5 Å². The first kappa shape index (κ1) is 39.6. The molecule has 0 fully saturated rings. The SMILES string of the molecule is O=C1C=CC(=O)N1c1c(F)c(OC(F)=C(F)C(F)(F)C(F)(F)C(F)(F)C(F)(F)C(F)(F)C(F)(F)C(F)(F)F)c(F)c(N2C(=O)C=CC2=O)c1F. The average Bonchev–Trinajstić information content (AvgIpc) is 3.48. The van der Waals surface area contributed by atoms with Crippen LogP contribution in [0, 0.1) is 17.5 Å². The van der Waals surface area contributed by atoms with Gasteiger partial charge >= 0.3 is 47.7 Å². The molecule has 0 spiro atoms. The van der Waals surface area contributed by atoms with Crippen molar-refractivity contribution in [2.24, 2.45) is 0 Å². The van der Waals surface area contributed by atoms with Crippen LogP contribution in [0.2, 0.25) is 0 Å². The minimum atomic E-state index is -8.95. The number of allylic oxidation sites excluding steroid dienone is 1. The van der Waals surface area contributed by atoms with Crippen LogP contribution in [0.3, 0.4) is 0 Å². The van der Waals surface area contributed by atoms with E-state index < -0.39 is 122 Å². The summed E-state index contributed by atoms with van der Waals surface area (Å²) in [5.74, 6) is -76.2. The predicted octanol–water partition coefficient (Wildman–Crippen LogP) is 6.82. The lowest BCUT2D eigenvalue weighted by atomic mass is 9.91. The van der Waals surface area contributed by atoms with Gasteiger partial charge in [-0.1, -0.05) is 0 Å². The molecule has 1 aromatic carbocycles. The number of carbonyl (C=O) groups excluding carboxylic acids is 4. The molecule has 2 aliphatic rings. The third kappa shape index (κ3) is 5.21. The maximum Gasteiger partial charge on any atom is 0.460 e. The Hall–Kier alpha value is -4.88. The first-order chi connectivity index (χ1) is 22.3. The van der Waals surface area contributed by atoms with Crippen LogP contribution < -0.4 is 14.5 Å². The summed E-state index contributed by atoms with van der Waals surface area (Å²) in [6.07, 6.45) is -7.24. The number of hydrogen-bond donors (Lipinski definition) is 0. The van der Waals surface area contributed by atoms with Crippen molar-refractivity contribution < 1.29 is 112 Å². The van der Waals surface area contributed by atoms with Gasteiger partial charge in [0.1, 0.15) is 11.4 Å². The van der Waals surface area contributed by atoms with Gasteiger partial charge in [0, 0.05) is 24.3 Å². The minimum Gasteiger partial charge on any atom is -0.423 e. The molecule has 50 heavy (non-hydrogen) atoms. The molecule has 0 N–H and O–H groups in total. The number of rotatable bonds is 10. The highest BCUT2D eigenvalue weighted by Gasteiger charge is 2.94. The van der Waals surface area contributed by atoms with Crippen LogP contribution >= 0.6 is 0 Å². The van der Waals surface area contributed by atoms with E-state index in [0.29, 0.717) is 0 Å². The molecule has 0 unspecified atom stereocenters. The highest BCUT2D eigenvalue weighted by molar-refractivity contribution is 6.30. The molecule has 1 aromatic rings. The smallest absolute Gasteiger partial charge is 0.423 e. The van der Waals surface area contributed by atoms with E-state index in [9.17, 15) is 93.8 Å². The molecule has 2 heterocycles. The number of imide groups is 2. The molecule has 27 heteroatoms. The zero-order valence-corrected chi connectivity index (χ0v) is 22.3. The summed E-state index contributed by atoms with van der Waals surface area (Å²) in [5, 5.41) is 0. The van der Waals surface area contributed by atoms with Gasteiger partial charge in [-0.15, -0.1) is 0 Å². The first-order valence-corrected chi connectivity index (χ1v) is 11.7. The molecular weight excluding hydrogens is 764 g/mol. The summed E-state index contributed by atoms with van der Waals surface area (Å²) < 4.78 is 278. The molecular formula is C23H4F20N2O5. The topological polar surface area (TPSA) is 84.0 Å². The zero-order chi connectivity index (χ0) is 39.1. The second kappa shape index (κ2) is 11.6. The number of alkyl halides is 15. The van der Waals surface area contributed by atoms with Gasteiger partial charge in [0.2, 0.25) is 11.6 Å². The van der Waals surface area contributed by atoms with Gasteiger partial charge < -0.3 is 4.74 Å². The molecule has 0 aromatic heterocycles. The first-order valence-electron chi connectivity index (χ1n) is 11.7. The number of hydrogen-bond acceptors (Lipinski definition) is 5. The zero-order valence-electron chi connectivity index (χ0n) is 22.3. The summed E-state index contributed by atoms with van der Waals surface area (Å²) in [6.45, 7) is 0. The summed E-state index contributed by atoms with van der Waals surface area (Å²) >= 11 is 0. The molecule has 2 aliphatic heterocycles. The molecule has 0 aliphatic carbocycles. The van der Waals surface area contributed by atoms with Gasteiger partial charge in [-0.3, -0.25) is 19.2 Å². The Kier molecular flexibility index (Phi) is 9.17. The van der Waals surface area contributed by atoms with E-state index in [1.807, 2.05) is 0 Å². The average molecular weight is 768 g/mol. The lowest BCUT2D eigenvalue weighted by Crippen LogP contribution is -2.72. The molecule has 276 valence electrons. The van der Waals surface area contributed by atoms with Crippen molar-refractivity contribution in [1.29, 1.82) is 0 Å².